The van der Waals surface area contributed by atoms with E-state index in [4.69, 9.17) is 9.47 Å². The standard InChI is InChI=1S/C14H22FNO2/c1-10(7-8-17-4)18-14-6-5-12(15)9-13(14)11(2)16-3/h5-6,9-11,16H,7-8H2,1-4H3. The topological polar surface area (TPSA) is 30.5 Å². The number of benzene rings is 1. The highest BCUT2D eigenvalue weighted by Gasteiger charge is 2.13. The first-order valence-corrected chi connectivity index (χ1v) is 6.20. The van der Waals surface area contributed by atoms with Crippen molar-refractivity contribution in [3.63, 3.8) is 0 Å². The third-order valence-electron chi connectivity index (χ3n) is 2.93. The van der Waals surface area contributed by atoms with Crippen molar-refractivity contribution in [2.75, 3.05) is 20.8 Å². The van der Waals surface area contributed by atoms with Gasteiger partial charge in [0.25, 0.3) is 0 Å². The lowest BCUT2D eigenvalue weighted by molar-refractivity contribution is 0.134. The Morgan fingerprint density at radius 2 is 2.06 bits per heavy atom. The summed E-state index contributed by atoms with van der Waals surface area (Å²) in [6, 6.07) is 4.66. The smallest absolute Gasteiger partial charge is 0.124 e. The molecule has 0 spiro atoms. The number of nitrogens with one attached hydrogen (secondary N) is 1. The van der Waals surface area contributed by atoms with Crippen molar-refractivity contribution >= 4 is 0 Å². The first-order chi connectivity index (χ1) is 8.58. The predicted molar refractivity (Wildman–Crippen MR) is 70.5 cm³/mol. The minimum atomic E-state index is -0.246. The van der Waals surface area contributed by atoms with Crippen LogP contribution >= 0.6 is 0 Å². The number of halogens is 1. The van der Waals surface area contributed by atoms with Gasteiger partial charge in [0.1, 0.15) is 11.6 Å². The summed E-state index contributed by atoms with van der Waals surface area (Å²) in [5, 5.41) is 3.09. The van der Waals surface area contributed by atoms with Crippen LogP contribution in [0.1, 0.15) is 31.9 Å². The number of methoxy groups -OCH3 is 1. The zero-order chi connectivity index (χ0) is 13.5. The van der Waals surface area contributed by atoms with E-state index in [1.165, 1.54) is 12.1 Å². The highest BCUT2D eigenvalue weighted by atomic mass is 19.1. The van der Waals surface area contributed by atoms with Crippen LogP contribution in [0.4, 0.5) is 4.39 Å². The van der Waals surface area contributed by atoms with Crippen molar-refractivity contribution in [3.05, 3.63) is 29.6 Å². The molecule has 0 aliphatic heterocycles. The van der Waals surface area contributed by atoms with Gasteiger partial charge < -0.3 is 14.8 Å². The van der Waals surface area contributed by atoms with Crippen molar-refractivity contribution in [2.45, 2.75) is 32.4 Å². The van der Waals surface area contributed by atoms with Gasteiger partial charge in [0.05, 0.1) is 6.10 Å². The molecule has 0 amide bonds. The minimum Gasteiger partial charge on any atom is -0.490 e. The molecular formula is C14H22FNO2. The lowest BCUT2D eigenvalue weighted by atomic mass is 10.1. The lowest BCUT2D eigenvalue weighted by Crippen LogP contribution is -2.18. The van der Waals surface area contributed by atoms with Gasteiger partial charge in [0.2, 0.25) is 0 Å². The Labute approximate surface area is 108 Å². The van der Waals surface area contributed by atoms with Crippen LogP contribution in [0.5, 0.6) is 5.75 Å². The molecule has 0 bridgehead atoms. The number of hydrogen-bond acceptors (Lipinski definition) is 3. The third-order valence-corrected chi connectivity index (χ3v) is 2.93. The van der Waals surface area contributed by atoms with Crippen LogP contribution in [-0.2, 0) is 4.74 Å². The summed E-state index contributed by atoms with van der Waals surface area (Å²) in [5.74, 6) is 0.478. The molecule has 0 saturated heterocycles. The van der Waals surface area contributed by atoms with Crippen molar-refractivity contribution < 1.29 is 13.9 Å². The van der Waals surface area contributed by atoms with Crippen molar-refractivity contribution in [1.82, 2.24) is 5.32 Å². The SMILES string of the molecule is CNC(C)c1cc(F)ccc1OC(C)CCOC. The second-order valence-electron chi connectivity index (χ2n) is 4.40. The maximum Gasteiger partial charge on any atom is 0.124 e. The van der Waals surface area contributed by atoms with Gasteiger partial charge in [-0.3, -0.25) is 0 Å². The Kier molecular flexibility index (Phi) is 6.09. The molecule has 0 aliphatic carbocycles. The van der Waals surface area contributed by atoms with Crippen LogP contribution in [0.3, 0.4) is 0 Å². The molecule has 102 valence electrons. The van der Waals surface area contributed by atoms with Crippen molar-refractivity contribution in [1.29, 1.82) is 0 Å². The maximum absolute atomic E-state index is 13.3. The molecule has 4 heteroatoms. The fraction of sp³-hybridized carbons (Fsp3) is 0.571. The van der Waals surface area contributed by atoms with E-state index in [1.54, 1.807) is 13.2 Å². The predicted octanol–water partition coefficient (Wildman–Crippen LogP) is 2.91. The van der Waals surface area contributed by atoms with E-state index >= 15 is 0 Å². The van der Waals surface area contributed by atoms with E-state index < -0.39 is 0 Å². The van der Waals surface area contributed by atoms with E-state index in [2.05, 4.69) is 5.32 Å². The Bertz CT molecular complexity index is 371. The Balaban J connectivity index is 2.80. The molecule has 1 N–H and O–H groups in total. The van der Waals surface area contributed by atoms with E-state index in [0.29, 0.717) is 6.61 Å². The van der Waals surface area contributed by atoms with Crippen LogP contribution in [0, 0.1) is 5.82 Å². The molecule has 1 aromatic rings. The number of hydrogen-bond donors (Lipinski definition) is 1. The molecule has 0 heterocycles. The van der Waals surface area contributed by atoms with Crippen LogP contribution in [0.15, 0.2) is 18.2 Å². The lowest BCUT2D eigenvalue weighted by Gasteiger charge is -2.20. The molecule has 2 unspecified atom stereocenters. The van der Waals surface area contributed by atoms with Gasteiger partial charge in [-0.1, -0.05) is 0 Å². The average Bonchev–Trinajstić information content (AvgIpc) is 2.37. The average molecular weight is 255 g/mol. The summed E-state index contributed by atoms with van der Waals surface area (Å²) < 4.78 is 24.1. The first kappa shape index (κ1) is 14.9. The summed E-state index contributed by atoms with van der Waals surface area (Å²) in [6.07, 6.45) is 0.847. The molecule has 0 radical (unpaired) electrons. The van der Waals surface area contributed by atoms with Gasteiger partial charge in [0.15, 0.2) is 0 Å². The maximum atomic E-state index is 13.3. The van der Waals surface area contributed by atoms with Crippen LogP contribution in [0.25, 0.3) is 0 Å². The summed E-state index contributed by atoms with van der Waals surface area (Å²) >= 11 is 0. The fourth-order valence-corrected chi connectivity index (χ4v) is 1.68. The van der Waals surface area contributed by atoms with Gasteiger partial charge in [0, 0.05) is 31.7 Å². The minimum absolute atomic E-state index is 0.0400. The molecule has 18 heavy (non-hydrogen) atoms. The van der Waals surface area contributed by atoms with Crippen LogP contribution in [-0.4, -0.2) is 26.9 Å². The third kappa shape index (κ3) is 4.27. The summed E-state index contributed by atoms with van der Waals surface area (Å²) in [6.45, 7) is 4.61. The summed E-state index contributed by atoms with van der Waals surface area (Å²) in [5.41, 5.74) is 0.835. The Morgan fingerprint density at radius 1 is 1.33 bits per heavy atom. The molecule has 1 aromatic carbocycles. The van der Waals surface area contributed by atoms with Gasteiger partial charge in [-0.15, -0.1) is 0 Å². The fourth-order valence-electron chi connectivity index (χ4n) is 1.68. The molecule has 0 saturated carbocycles. The Hall–Kier alpha value is -1.13. The second kappa shape index (κ2) is 7.34. The van der Waals surface area contributed by atoms with Gasteiger partial charge >= 0.3 is 0 Å². The second-order valence-corrected chi connectivity index (χ2v) is 4.40. The summed E-state index contributed by atoms with van der Waals surface area (Å²) in [7, 11) is 3.51. The van der Waals surface area contributed by atoms with Crippen molar-refractivity contribution in [3.8, 4) is 5.75 Å². The molecule has 0 aliphatic rings. The number of ether oxygens (including phenoxy) is 2. The van der Waals surface area contributed by atoms with Crippen molar-refractivity contribution in [2.24, 2.45) is 0 Å². The highest BCUT2D eigenvalue weighted by molar-refractivity contribution is 5.36. The van der Waals surface area contributed by atoms with E-state index in [9.17, 15) is 4.39 Å². The molecule has 1 rings (SSSR count). The number of rotatable bonds is 7. The van der Waals surface area contributed by atoms with Crippen LogP contribution in [0.2, 0.25) is 0 Å². The molecule has 0 fully saturated rings. The van der Waals surface area contributed by atoms with Gasteiger partial charge in [-0.25, -0.2) is 4.39 Å². The van der Waals surface area contributed by atoms with E-state index in [-0.39, 0.29) is 18.0 Å². The van der Waals surface area contributed by atoms with E-state index in [1.807, 2.05) is 20.9 Å². The zero-order valence-electron chi connectivity index (χ0n) is 11.5. The first-order valence-electron chi connectivity index (χ1n) is 6.20. The Morgan fingerprint density at radius 3 is 2.67 bits per heavy atom. The van der Waals surface area contributed by atoms with Gasteiger partial charge in [-0.2, -0.15) is 0 Å². The quantitative estimate of drug-likeness (QED) is 0.812. The normalized spacial score (nSPS) is 14.3. The molecular weight excluding hydrogens is 233 g/mol. The monoisotopic (exact) mass is 255 g/mol. The zero-order valence-corrected chi connectivity index (χ0v) is 11.5. The molecule has 3 nitrogen and oxygen atoms in total. The molecule has 0 aromatic heterocycles. The van der Waals surface area contributed by atoms with Crippen LogP contribution < -0.4 is 10.1 Å². The highest BCUT2D eigenvalue weighted by Crippen LogP contribution is 2.27. The largest absolute Gasteiger partial charge is 0.490 e. The van der Waals surface area contributed by atoms with Gasteiger partial charge in [-0.05, 0) is 39.1 Å². The van der Waals surface area contributed by atoms with E-state index in [0.717, 1.165) is 17.7 Å². The molecule has 2 atom stereocenters. The summed E-state index contributed by atoms with van der Waals surface area (Å²) in [4.78, 5) is 0.